The highest BCUT2D eigenvalue weighted by Crippen LogP contribution is 2.49. The van der Waals surface area contributed by atoms with E-state index in [1.807, 2.05) is 0 Å². The summed E-state index contributed by atoms with van der Waals surface area (Å²) < 4.78 is 27.7. The summed E-state index contributed by atoms with van der Waals surface area (Å²) in [5, 5.41) is -0.932. The standard InChI is InChI=1S/C24H12Cl4F2N2O3/c1-9-2-5-12(30)8-13(9)31-20(10-3-6-11(29)7-4-10)21(24(31)35)32-22(33)14-15(23(32)34)17(26)19(28)18(27)16(14)25/h2-8,20-21H,1H3/t20-,21-/m1/s1. The summed E-state index contributed by atoms with van der Waals surface area (Å²) in [5.41, 5.74) is 0.727. The van der Waals surface area contributed by atoms with E-state index in [0.717, 1.165) is 4.90 Å². The fraction of sp³-hybridized carbons (Fsp3) is 0.125. The van der Waals surface area contributed by atoms with Gasteiger partial charge in [0.2, 0.25) is 0 Å². The van der Waals surface area contributed by atoms with Crippen LogP contribution in [-0.4, -0.2) is 28.7 Å². The third-order valence-corrected chi connectivity index (χ3v) is 7.92. The van der Waals surface area contributed by atoms with Gasteiger partial charge in [-0.2, -0.15) is 0 Å². The first-order chi connectivity index (χ1) is 16.5. The second-order valence-electron chi connectivity index (χ2n) is 8.07. The molecule has 5 nitrogen and oxygen atoms in total. The molecule has 1 fully saturated rings. The lowest BCUT2D eigenvalue weighted by atomic mass is 9.85. The normalized spacial score (nSPS) is 19.3. The predicted octanol–water partition coefficient (Wildman–Crippen LogP) is 6.64. The van der Waals surface area contributed by atoms with Crippen molar-refractivity contribution in [2.24, 2.45) is 0 Å². The molecule has 0 bridgehead atoms. The zero-order chi connectivity index (χ0) is 25.3. The van der Waals surface area contributed by atoms with Crippen LogP contribution in [0.3, 0.4) is 0 Å². The van der Waals surface area contributed by atoms with E-state index in [1.165, 1.54) is 47.4 Å². The van der Waals surface area contributed by atoms with Crippen molar-refractivity contribution in [3.63, 3.8) is 0 Å². The second-order valence-corrected chi connectivity index (χ2v) is 9.58. The molecular formula is C24H12Cl4F2N2O3. The predicted molar refractivity (Wildman–Crippen MR) is 129 cm³/mol. The monoisotopic (exact) mass is 554 g/mol. The van der Waals surface area contributed by atoms with E-state index < -0.39 is 41.4 Å². The van der Waals surface area contributed by atoms with Gasteiger partial charge < -0.3 is 4.90 Å². The van der Waals surface area contributed by atoms with Crippen LogP contribution in [0.4, 0.5) is 14.5 Å². The summed E-state index contributed by atoms with van der Waals surface area (Å²) in [4.78, 5) is 42.3. The number of imide groups is 1. The molecule has 3 aromatic rings. The Bertz CT molecular complexity index is 1420. The molecule has 0 radical (unpaired) electrons. The number of carbonyl (C=O) groups is 3. The van der Waals surface area contributed by atoms with Crippen molar-refractivity contribution in [2.45, 2.75) is 19.0 Å². The quantitative estimate of drug-likeness (QED) is 0.157. The van der Waals surface area contributed by atoms with Crippen molar-refractivity contribution in [3.8, 4) is 0 Å². The van der Waals surface area contributed by atoms with Crippen LogP contribution in [0.1, 0.15) is 37.9 Å². The Morgan fingerprint density at radius 1 is 0.686 bits per heavy atom. The van der Waals surface area contributed by atoms with Crippen LogP contribution in [0.2, 0.25) is 20.1 Å². The molecule has 3 aromatic carbocycles. The number of halogens is 6. The third kappa shape index (κ3) is 3.44. The Kier molecular flexibility index (Phi) is 5.79. The summed E-state index contributed by atoms with van der Waals surface area (Å²) in [6.07, 6.45) is 0. The topological polar surface area (TPSA) is 57.7 Å². The molecular weight excluding hydrogens is 544 g/mol. The maximum Gasteiger partial charge on any atom is 0.264 e. The van der Waals surface area contributed by atoms with Gasteiger partial charge in [0.25, 0.3) is 17.7 Å². The van der Waals surface area contributed by atoms with Gasteiger partial charge in [-0.1, -0.05) is 64.6 Å². The number of aryl methyl sites for hydroxylation is 1. The van der Waals surface area contributed by atoms with Crippen molar-refractivity contribution in [3.05, 3.63) is 96.4 Å². The molecule has 0 spiro atoms. The summed E-state index contributed by atoms with van der Waals surface area (Å²) in [6, 6.07) is 6.86. The highest BCUT2D eigenvalue weighted by molar-refractivity contribution is 6.55. The Balaban J connectivity index is 1.65. The third-order valence-electron chi connectivity index (χ3n) is 6.12. The number of hydrogen-bond donors (Lipinski definition) is 0. The van der Waals surface area contributed by atoms with Crippen molar-refractivity contribution in [1.29, 1.82) is 0 Å². The first-order valence-electron chi connectivity index (χ1n) is 10.1. The van der Waals surface area contributed by atoms with Gasteiger partial charge in [0.1, 0.15) is 17.7 Å². The van der Waals surface area contributed by atoms with E-state index >= 15 is 0 Å². The van der Waals surface area contributed by atoms with Gasteiger partial charge in [-0.3, -0.25) is 19.3 Å². The number of rotatable bonds is 3. The van der Waals surface area contributed by atoms with Crippen molar-refractivity contribution >= 4 is 69.8 Å². The molecule has 0 N–H and O–H groups in total. The first-order valence-corrected chi connectivity index (χ1v) is 11.6. The number of β-lactam (4-membered cyclic amide) rings is 1. The lowest BCUT2D eigenvalue weighted by Gasteiger charge is -2.50. The molecule has 1 saturated heterocycles. The molecule has 5 rings (SSSR count). The Morgan fingerprint density at radius 2 is 1.20 bits per heavy atom. The van der Waals surface area contributed by atoms with Crippen molar-refractivity contribution in [1.82, 2.24) is 4.90 Å². The molecule has 11 heteroatoms. The number of amides is 3. The summed E-state index contributed by atoms with van der Waals surface area (Å²) in [5.74, 6) is -3.50. The van der Waals surface area contributed by atoms with Crippen molar-refractivity contribution in [2.75, 3.05) is 4.90 Å². The zero-order valence-electron chi connectivity index (χ0n) is 17.6. The lowest BCUT2D eigenvalue weighted by Crippen LogP contribution is -2.67. The molecule has 0 unspecified atom stereocenters. The number of anilines is 1. The van der Waals surface area contributed by atoms with Crippen LogP contribution in [-0.2, 0) is 4.79 Å². The Labute approximate surface area is 217 Å². The van der Waals surface area contributed by atoms with E-state index in [0.29, 0.717) is 11.1 Å². The Morgan fingerprint density at radius 3 is 1.74 bits per heavy atom. The Hall–Kier alpha value is -2.71. The van der Waals surface area contributed by atoms with Gasteiger partial charge in [-0.15, -0.1) is 0 Å². The van der Waals surface area contributed by atoms with Crippen LogP contribution in [0.5, 0.6) is 0 Å². The summed E-state index contributed by atoms with van der Waals surface area (Å²) >= 11 is 24.6. The fourth-order valence-corrected chi connectivity index (χ4v) is 5.46. The van der Waals surface area contributed by atoms with Crippen LogP contribution >= 0.6 is 46.4 Å². The minimum absolute atomic E-state index is 0.202. The molecule has 2 atom stereocenters. The average Bonchev–Trinajstić information content (AvgIpc) is 3.08. The second kappa shape index (κ2) is 8.45. The number of carbonyl (C=O) groups excluding carboxylic acids is 3. The number of nitrogens with zero attached hydrogens (tertiary/aromatic N) is 2. The van der Waals surface area contributed by atoms with E-state index in [-0.39, 0.29) is 36.9 Å². The lowest BCUT2D eigenvalue weighted by molar-refractivity contribution is -0.130. The largest absolute Gasteiger partial charge is 0.300 e. The highest BCUT2D eigenvalue weighted by Gasteiger charge is 2.58. The maximum absolute atomic E-state index is 14.1. The molecule has 0 aromatic heterocycles. The van der Waals surface area contributed by atoms with E-state index in [9.17, 15) is 23.2 Å². The summed E-state index contributed by atoms with van der Waals surface area (Å²) in [7, 11) is 0. The zero-order valence-corrected chi connectivity index (χ0v) is 20.6. The molecule has 2 heterocycles. The van der Waals surface area contributed by atoms with Crippen molar-refractivity contribution < 1.29 is 23.2 Å². The van der Waals surface area contributed by atoms with Crippen LogP contribution in [0.25, 0.3) is 0 Å². The van der Waals surface area contributed by atoms with Gasteiger partial charge in [0, 0.05) is 0 Å². The minimum Gasteiger partial charge on any atom is -0.300 e. The summed E-state index contributed by atoms with van der Waals surface area (Å²) in [6.45, 7) is 1.68. The SMILES string of the molecule is Cc1ccc(F)cc1N1C(=O)[C@H](N2C(=O)c3c(Cl)c(Cl)c(Cl)c(Cl)c3C2=O)[C@H]1c1ccc(F)cc1. The van der Waals surface area contributed by atoms with Gasteiger partial charge in [0.05, 0.1) is 42.9 Å². The van der Waals surface area contributed by atoms with E-state index in [2.05, 4.69) is 0 Å². The highest BCUT2D eigenvalue weighted by atomic mass is 35.5. The maximum atomic E-state index is 14.1. The molecule has 2 aliphatic heterocycles. The van der Waals surface area contributed by atoms with Gasteiger partial charge in [-0.25, -0.2) is 8.78 Å². The number of fused-ring (bicyclic) bond motifs is 1. The number of hydrogen-bond acceptors (Lipinski definition) is 3. The average molecular weight is 556 g/mol. The van der Waals surface area contributed by atoms with Crippen LogP contribution < -0.4 is 4.90 Å². The molecule has 0 saturated carbocycles. The molecule has 178 valence electrons. The van der Waals surface area contributed by atoms with E-state index in [4.69, 9.17) is 46.4 Å². The first kappa shape index (κ1) is 24.0. The molecule has 3 amide bonds. The van der Waals surface area contributed by atoms with Gasteiger partial charge in [-0.05, 0) is 42.3 Å². The smallest absolute Gasteiger partial charge is 0.264 e. The van der Waals surface area contributed by atoms with E-state index in [1.54, 1.807) is 6.92 Å². The van der Waals surface area contributed by atoms with Gasteiger partial charge in [0.15, 0.2) is 0 Å². The van der Waals surface area contributed by atoms with Crippen LogP contribution in [0, 0.1) is 18.6 Å². The molecule has 0 aliphatic carbocycles. The molecule has 35 heavy (non-hydrogen) atoms. The van der Waals surface area contributed by atoms with Gasteiger partial charge >= 0.3 is 0 Å². The number of benzene rings is 3. The van der Waals surface area contributed by atoms with Crippen LogP contribution in [0.15, 0.2) is 42.5 Å². The molecule has 2 aliphatic rings. The fourth-order valence-electron chi connectivity index (χ4n) is 4.45. The minimum atomic E-state index is -1.33.